The third kappa shape index (κ3) is 4.16. The molecular weight excluding hydrogens is 253 g/mol. The van der Waals surface area contributed by atoms with Gasteiger partial charge in [0.15, 0.2) is 0 Å². The molecule has 0 aliphatic heterocycles. The van der Waals surface area contributed by atoms with Crippen LogP contribution in [0, 0.1) is 6.92 Å². The zero-order valence-corrected chi connectivity index (χ0v) is 13.2. The van der Waals surface area contributed by atoms with E-state index in [1.807, 2.05) is 37.3 Å². The fourth-order valence-electron chi connectivity index (χ4n) is 1.81. The molecule has 0 aliphatic rings. The molecule has 94 valence electrons. The first kappa shape index (κ1) is 15.9. The summed E-state index contributed by atoms with van der Waals surface area (Å²) in [6.07, 6.45) is 0.542. The quantitative estimate of drug-likeness (QED) is 0.576. The van der Waals surface area contributed by atoms with Gasteiger partial charge in [0, 0.05) is 18.1 Å². The van der Waals surface area contributed by atoms with Crippen LogP contribution in [0.1, 0.15) is 18.5 Å². The maximum absolute atomic E-state index is 10.3. The van der Waals surface area contributed by atoms with E-state index in [0.717, 1.165) is 17.0 Å². The Morgan fingerprint density at radius 3 is 2.63 bits per heavy atom. The molecule has 0 saturated carbocycles. The second kappa shape index (κ2) is 7.43. The summed E-state index contributed by atoms with van der Waals surface area (Å²) in [5.74, 6) is -1.03. The Kier molecular flexibility index (Phi) is 6.21. The van der Waals surface area contributed by atoms with E-state index < -0.39 is 5.97 Å². The van der Waals surface area contributed by atoms with E-state index in [0.29, 0.717) is 13.0 Å². The number of benzene rings is 1. The molecule has 5 nitrogen and oxygen atoms in total. The van der Waals surface area contributed by atoms with E-state index in [4.69, 9.17) is 0 Å². The number of aromatic nitrogens is 3. The molecule has 19 heavy (non-hydrogen) atoms. The molecule has 2 aromatic rings. The van der Waals surface area contributed by atoms with Crippen molar-refractivity contribution in [2.45, 2.75) is 26.3 Å². The number of aliphatic carboxylic acids is 1. The van der Waals surface area contributed by atoms with Gasteiger partial charge in [-0.3, -0.25) is 0 Å². The van der Waals surface area contributed by atoms with Crippen LogP contribution in [0.25, 0.3) is 11.3 Å². The average molecular weight is 267 g/mol. The molecule has 0 amide bonds. The molecule has 6 heteroatoms. The Morgan fingerprint density at radius 1 is 1.32 bits per heavy atom. The van der Waals surface area contributed by atoms with Crippen molar-refractivity contribution in [3.8, 4) is 11.3 Å². The number of carboxylic acid groups (broad SMARTS) is 1. The van der Waals surface area contributed by atoms with Crippen LogP contribution in [0.2, 0.25) is 0 Å². The number of carbonyl (C=O) groups excluding carboxylic acids is 1. The monoisotopic (exact) mass is 267 g/mol. The Morgan fingerprint density at radius 2 is 2.00 bits per heavy atom. The number of hydrogen-bond donors (Lipinski definition) is 0. The predicted octanol–water partition coefficient (Wildman–Crippen LogP) is -2.21. The molecular formula is C13H14N3NaO2. The zero-order chi connectivity index (χ0) is 13.0. The van der Waals surface area contributed by atoms with Crippen LogP contribution in [-0.2, 0) is 11.3 Å². The van der Waals surface area contributed by atoms with E-state index in [-0.39, 0.29) is 36.0 Å². The standard InChI is InChI=1S/C13H15N3O2.Na/c1-10-13(11-6-3-2-4-7-11)14-15-16(10)9-5-8-12(17)18;/h2-4,6-7H,5,8-9H2,1H3,(H,17,18);/q;+1/p-1. The number of hydrogen-bond acceptors (Lipinski definition) is 4. The van der Waals surface area contributed by atoms with Crippen molar-refractivity contribution in [3.63, 3.8) is 0 Å². The van der Waals surface area contributed by atoms with E-state index >= 15 is 0 Å². The molecule has 2 rings (SSSR count). The third-order valence-corrected chi connectivity index (χ3v) is 2.78. The number of rotatable bonds is 5. The number of aryl methyl sites for hydroxylation is 1. The molecule has 1 aromatic carbocycles. The van der Waals surface area contributed by atoms with E-state index in [9.17, 15) is 9.90 Å². The third-order valence-electron chi connectivity index (χ3n) is 2.78. The molecule has 0 fully saturated rings. The number of carbonyl (C=O) groups is 1. The minimum atomic E-state index is -1.03. The summed E-state index contributed by atoms with van der Waals surface area (Å²) in [6, 6.07) is 9.79. The minimum Gasteiger partial charge on any atom is -0.550 e. The first-order chi connectivity index (χ1) is 8.68. The number of carboxylic acids is 1. The summed E-state index contributed by atoms with van der Waals surface area (Å²) in [6.45, 7) is 2.47. The summed E-state index contributed by atoms with van der Waals surface area (Å²) in [5.41, 5.74) is 2.80. The van der Waals surface area contributed by atoms with Gasteiger partial charge in [-0.1, -0.05) is 35.5 Å². The average Bonchev–Trinajstić information content (AvgIpc) is 2.72. The van der Waals surface area contributed by atoms with Crippen molar-refractivity contribution in [1.82, 2.24) is 15.0 Å². The van der Waals surface area contributed by atoms with E-state index in [2.05, 4.69) is 10.3 Å². The molecule has 1 aromatic heterocycles. The first-order valence-electron chi connectivity index (χ1n) is 5.84. The Balaban J connectivity index is 0.00000180. The molecule has 0 bridgehead atoms. The van der Waals surface area contributed by atoms with Crippen LogP contribution in [0.15, 0.2) is 30.3 Å². The van der Waals surface area contributed by atoms with Gasteiger partial charge in [0.1, 0.15) is 5.69 Å². The predicted molar refractivity (Wildman–Crippen MR) is 64.4 cm³/mol. The molecule has 0 spiro atoms. The molecule has 0 radical (unpaired) electrons. The maximum Gasteiger partial charge on any atom is 1.00 e. The maximum atomic E-state index is 10.3. The van der Waals surface area contributed by atoms with Crippen LogP contribution >= 0.6 is 0 Å². The van der Waals surface area contributed by atoms with Gasteiger partial charge in [-0.2, -0.15) is 0 Å². The largest absolute Gasteiger partial charge is 1.00 e. The van der Waals surface area contributed by atoms with Gasteiger partial charge in [0.25, 0.3) is 0 Å². The molecule has 0 unspecified atom stereocenters. The normalized spacial score (nSPS) is 9.95. The van der Waals surface area contributed by atoms with Crippen molar-refractivity contribution >= 4 is 5.97 Å². The van der Waals surface area contributed by atoms with Crippen molar-refractivity contribution in [1.29, 1.82) is 0 Å². The van der Waals surface area contributed by atoms with Gasteiger partial charge >= 0.3 is 29.6 Å². The van der Waals surface area contributed by atoms with E-state index in [1.165, 1.54) is 0 Å². The zero-order valence-electron chi connectivity index (χ0n) is 11.2. The fourth-order valence-corrected chi connectivity index (χ4v) is 1.81. The fraction of sp³-hybridized carbons (Fsp3) is 0.308. The number of nitrogens with zero attached hydrogens (tertiary/aromatic N) is 3. The van der Waals surface area contributed by atoms with Crippen LogP contribution < -0.4 is 34.7 Å². The Bertz CT molecular complexity index is 540. The van der Waals surface area contributed by atoms with Crippen molar-refractivity contribution < 1.29 is 39.5 Å². The summed E-state index contributed by atoms with van der Waals surface area (Å²) in [4.78, 5) is 10.3. The van der Waals surface area contributed by atoms with Crippen LogP contribution in [0.5, 0.6) is 0 Å². The summed E-state index contributed by atoms with van der Waals surface area (Å²) >= 11 is 0. The van der Waals surface area contributed by atoms with Gasteiger partial charge in [-0.15, -0.1) is 5.10 Å². The second-order valence-electron chi connectivity index (χ2n) is 4.09. The van der Waals surface area contributed by atoms with Gasteiger partial charge in [-0.05, 0) is 19.8 Å². The van der Waals surface area contributed by atoms with Crippen LogP contribution in [-0.4, -0.2) is 21.0 Å². The molecule has 0 N–H and O–H groups in total. The summed E-state index contributed by atoms with van der Waals surface area (Å²) < 4.78 is 1.73. The summed E-state index contributed by atoms with van der Waals surface area (Å²) in [7, 11) is 0. The van der Waals surface area contributed by atoms with Crippen molar-refractivity contribution in [2.24, 2.45) is 0 Å². The Labute approximate surface area is 133 Å². The second-order valence-corrected chi connectivity index (χ2v) is 4.09. The van der Waals surface area contributed by atoms with Gasteiger partial charge < -0.3 is 9.90 Å². The van der Waals surface area contributed by atoms with Crippen LogP contribution in [0.3, 0.4) is 0 Å². The topological polar surface area (TPSA) is 70.8 Å². The Hall–Kier alpha value is -1.17. The summed E-state index contributed by atoms with van der Waals surface area (Å²) in [5, 5.41) is 18.5. The SMILES string of the molecule is Cc1c(-c2ccccc2)nnn1CCCC(=O)[O-].[Na+]. The van der Waals surface area contributed by atoms with Gasteiger partial charge in [0.05, 0.1) is 5.69 Å². The van der Waals surface area contributed by atoms with Crippen LogP contribution in [0.4, 0.5) is 0 Å². The van der Waals surface area contributed by atoms with Gasteiger partial charge in [-0.25, -0.2) is 4.68 Å². The minimum absolute atomic E-state index is 0. The van der Waals surface area contributed by atoms with E-state index in [1.54, 1.807) is 4.68 Å². The van der Waals surface area contributed by atoms with Crippen molar-refractivity contribution in [3.05, 3.63) is 36.0 Å². The van der Waals surface area contributed by atoms with Crippen molar-refractivity contribution in [2.75, 3.05) is 0 Å². The van der Waals surface area contributed by atoms with Gasteiger partial charge in [0.2, 0.25) is 0 Å². The molecule has 0 aliphatic carbocycles. The molecule has 0 atom stereocenters. The first-order valence-corrected chi connectivity index (χ1v) is 5.84. The molecule has 1 heterocycles. The molecule has 0 saturated heterocycles. The smallest absolute Gasteiger partial charge is 0.550 e.